The van der Waals surface area contributed by atoms with Crippen molar-refractivity contribution in [2.24, 2.45) is 191 Å². The first-order valence-electron chi connectivity index (χ1n) is 49.5. The molecule has 0 amide bonds. The third-order valence-electron chi connectivity index (χ3n) is 42.3. The molecule has 0 bridgehead atoms. The molecule has 16 rings (SSSR count). The van der Waals surface area contributed by atoms with Gasteiger partial charge >= 0.3 is 17.9 Å². The predicted molar refractivity (Wildman–Crippen MR) is 459 cm³/mol. The summed E-state index contributed by atoms with van der Waals surface area (Å²) in [4.78, 5) is 46.9. The summed E-state index contributed by atoms with van der Waals surface area (Å²) in [5, 5.41) is 30.9. The molecule has 121 heavy (non-hydrogen) atoms. The van der Waals surface area contributed by atoms with Crippen molar-refractivity contribution < 1.29 is 83.8 Å². The van der Waals surface area contributed by atoms with E-state index in [0.29, 0.717) is 152 Å². The fourth-order valence-electron chi connectivity index (χ4n) is 35.8. The Morgan fingerprint density at radius 2 is 0.686 bits per heavy atom. The maximum absolute atomic E-state index is 15.7. The first-order valence-corrected chi connectivity index (χ1v) is 49.5. The van der Waals surface area contributed by atoms with Crippen LogP contribution in [0.3, 0.4) is 0 Å². The summed E-state index contributed by atoms with van der Waals surface area (Å²) < 4.78 is 139. The topological polar surface area (TPSA) is 157 Å². The largest absolute Gasteiger partial charge is 0.469 e. The average Bonchev–Trinajstić information content (AvgIpc) is 1.70. The lowest BCUT2D eigenvalue weighted by atomic mass is 9.43. The first-order chi connectivity index (χ1) is 56.2. The number of fused-ring (bicyclic) bond motifs is 20. The minimum atomic E-state index is -2.74. The van der Waals surface area contributed by atoms with E-state index in [1.165, 1.54) is 27.8 Å². The third-order valence-corrected chi connectivity index (χ3v) is 42.3. The number of hydrogen-bond donors (Lipinski definition) is 3. The van der Waals surface area contributed by atoms with Gasteiger partial charge in [-0.1, -0.05) is 96.4 Å². The SMILES string of the molecule is COC(=O)CC[C@@H](C)[C@H]1CC[C@H]2[C@@H]3CC(F)(F)[C@H]4CC(=O)CC[C@]4(C)[C@H]3CC[C@]12C.COC(=O)CC[C@@H](C)[C@H]1CC[C@H]2[C@@H]3CC(F)(F)[C@H]4C[C@H](C)CC[C@]4(C)[C@H]3CC[C@]12C.COC(=O)CC[C@@H](C)[C@H]1CC[C@H]2[C@@H]3CC(F)(F)[C@H]4C[C@H](O)CC[C@]4(C)[C@H]3CC[C@]12C.C[C@H](CCC(C)(C)O)[C@H]1CC[C@H]2[C@@H]3CC(F)(F)[C@H]4C[C@@](C)(O)CC[C@]4(C)[C@H]3CC[C@]12C. The molecule has 16 fully saturated rings. The number of carbonyl (C=O) groups is 4. The zero-order valence-electron chi connectivity index (χ0n) is 78.5. The highest BCUT2D eigenvalue weighted by molar-refractivity contribution is 5.80. The molecule has 0 aromatic rings. The first kappa shape index (κ1) is 96.0. The van der Waals surface area contributed by atoms with Crippen LogP contribution >= 0.6 is 0 Å². The number of methoxy groups -OCH3 is 3. The average molecular weight is 1720 g/mol. The van der Waals surface area contributed by atoms with Crippen LogP contribution in [0.15, 0.2) is 0 Å². The van der Waals surface area contributed by atoms with Crippen molar-refractivity contribution in [1.29, 1.82) is 0 Å². The number of aliphatic hydroxyl groups is 3. The van der Waals surface area contributed by atoms with Crippen LogP contribution in [-0.4, -0.2) is 101 Å². The zero-order chi connectivity index (χ0) is 88.7. The Balaban J connectivity index is 0.000000139. The fraction of sp³-hybridized carbons (Fsp3) is 0.961. The Morgan fingerprint density at radius 1 is 0.388 bits per heavy atom. The van der Waals surface area contributed by atoms with Gasteiger partial charge in [-0.15, -0.1) is 0 Å². The maximum Gasteiger partial charge on any atom is 0.305 e. The summed E-state index contributed by atoms with van der Waals surface area (Å²) in [6.07, 6.45) is 30.0. The maximum atomic E-state index is 15.7. The standard InChI is InChI=1S/C27H46F2O2.C26H42F2O2.C25H40F2O3.C25H38F2O3/c1-17(9-11-23(2,3)30)19-7-8-20-18-15-27(28,29)22-16-24(4,31)13-14-26(22,6)21(18)10-12-25(19,20)5;1-16-10-12-25(4)21-11-13-24(3)19(17(2)6-9-23(29)30-5)7-8-20(24)18(21)15-26(27,28)22(25)14-16;2*1-15(5-8-22(29)30-4)18-6-7-19-17-14-25(26,27)21-13-16(28)9-11-24(21,3)20(17)10-12-23(18,19)2/h17-22,30-31H,7-16H2,1-6H3;16-22H,6-15H2,1-5H3;15-21,28H,5-14H2,1-4H3;15,17-21H,5-14H2,1-4H3/t17-,18+,19-,20+,21+,22+,24+,25-,26-;16-,17-,18+,19-,20+,21+,22+,24-,25-;15-,16-,17+,18-,19+,20+,21+,23-,24-;15-,17+,18-,19+,20+,21+,23-,24-/m1111/s1. The van der Waals surface area contributed by atoms with Gasteiger partial charge in [-0.05, 0) is 381 Å². The highest BCUT2D eigenvalue weighted by atomic mass is 19.3. The Kier molecular flexibility index (Phi) is 27.4. The Morgan fingerprint density at radius 3 is 1.04 bits per heavy atom. The smallest absolute Gasteiger partial charge is 0.305 e. The highest BCUT2D eigenvalue weighted by Gasteiger charge is 2.73. The zero-order valence-corrected chi connectivity index (χ0v) is 78.5. The Labute approximate surface area is 725 Å². The van der Waals surface area contributed by atoms with E-state index in [9.17, 15) is 34.5 Å². The molecule has 0 radical (unpaired) electrons. The van der Waals surface area contributed by atoms with E-state index in [1.807, 2.05) is 13.8 Å². The van der Waals surface area contributed by atoms with E-state index in [2.05, 4.69) is 90.0 Å². The molecule has 35 atom stereocenters. The van der Waals surface area contributed by atoms with Gasteiger partial charge < -0.3 is 29.5 Å². The van der Waals surface area contributed by atoms with Crippen LogP contribution in [-0.2, 0) is 33.4 Å². The molecule has 0 aromatic heterocycles. The molecule has 16 aliphatic carbocycles. The molecule has 694 valence electrons. The van der Waals surface area contributed by atoms with Crippen LogP contribution in [0.5, 0.6) is 0 Å². The second-order valence-electron chi connectivity index (χ2n) is 48.9. The minimum absolute atomic E-state index is 0.00810. The number of rotatable bonds is 16. The number of carbonyl (C=O) groups excluding carboxylic acids is 4. The van der Waals surface area contributed by atoms with E-state index in [4.69, 9.17) is 14.2 Å². The molecule has 18 heteroatoms. The van der Waals surface area contributed by atoms with Crippen LogP contribution in [0, 0.1) is 191 Å². The molecule has 10 nitrogen and oxygen atoms in total. The molecule has 16 saturated carbocycles. The van der Waals surface area contributed by atoms with Crippen molar-refractivity contribution >= 4 is 23.7 Å². The van der Waals surface area contributed by atoms with Crippen molar-refractivity contribution in [3.8, 4) is 0 Å². The molecular formula is C103H166F8O10. The van der Waals surface area contributed by atoms with Crippen LogP contribution in [0.25, 0.3) is 0 Å². The van der Waals surface area contributed by atoms with Gasteiger partial charge in [-0.25, -0.2) is 35.1 Å². The quantitative estimate of drug-likeness (QED) is 0.0772. The van der Waals surface area contributed by atoms with E-state index >= 15 is 35.1 Å². The van der Waals surface area contributed by atoms with Crippen molar-refractivity contribution in [1.82, 2.24) is 0 Å². The third kappa shape index (κ3) is 17.6. The van der Waals surface area contributed by atoms with Crippen molar-refractivity contribution in [2.45, 2.75) is 409 Å². The molecule has 0 aliphatic heterocycles. The van der Waals surface area contributed by atoms with Gasteiger partial charge in [0.05, 0.1) is 38.6 Å². The van der Waals surface area contributed by atoms with Gasteiger partial charge in [-0.3, -0.25) is 19.2 Å². The molecule has 0 aromatic carbocycles. The lowest BCUT2D eigenvalue weighted by Gasteiger charge is -2.63. The molecular weight excluding hydrogens is 1550 g/mol. The van der Waals surface area contributed by atoms with Gasteiger partial charge in [0.1, 0.15) is 5.78 Å². The summed E-state index contributed by atoms with van der Waals surface area (Å²) in [6.45, 7) is 34.8. The number of halogens is 8. The van der Waals surface area contributed by atoms with E-state index in [1.54, 1.807) is 6.92 Å². The number of alkyl halides is 8. The summed E-state index contributed by atoms with van der Waals surface area (Å²) in [7, 11) is 4.31. The second kappa shape index (κ2) is 34.6. The van der Waals surface area contributed by atoms with Crippen LogP contribution in [0.2, 0.25) is 0 Å². The number of aliphatic hydroxyl groups excluding tert-OH is 1. The predicted octanol–water partition coefficient (Wildman–Crippen LogP) is 25.8. The Hall–Kier alpha value is -2.60. The number of ketones is 1. The van der Waals surface area contributed by atoms with Gasteiger partial charge in [0.15, 0.2) is 0 Å². The van der Waals surface area contributed by atoms with Gasteiger partial charge in [0.25, 0.3) is 23.7 Å². The van der Waals surface area contributed by atoms with Crippen molar-refractivity contribution in [2.75, 3.05) is 21.3 Å². The minimum Gasteiger partial charge on any atom is -0.469 e. The summed E-state index contributed by atoms with van der Waals surface area (Å²) >= 11 is 0. The second-order valence-corrected chi connectivity index (χ2v) is 48.9. The van der Waals surface area contributed by atoms with Gasteiger partial charge in [0.2, 0.25) is 0 Å². The van der Waals surface area contributed by atoms with Crippen LogP contribution in [0.4, 0.5) is 35.1 Å². The number of hydrogen-bond acceptors (Lipinski definition) is 10. The Bertz CT molecular complexity index is 3520. The van der Waals surface area contributed by atoms with E-state index in [0.717, 1.165) is 154 Å². The molecule has 0 spiro atoms. The molecule has 3 N–H and O–H groups in total. The van der Waals surface area contributed by atoms with Crippen LogP contribution in [0.1, 0.15) is 368 Å². The lowest BCUT2D eigenvalue weighted by Crippen LogP contribution is -2.61. The number of ether oxygens (including phenoxy) is 3. The highest BCUT2D eigenvalue weighted by Crippen LogP contribution is 2.77. The summed E-state index contributed by atoms with van der Waals surface area (Å²) in [5.74, 6) is -5.80. The summed E-state index contributed by atoms with van der Waals surface area (Å²) in [6, 6.07) is 0. The van der Waals surface area contributed by atoms with E-state index in [-0.39, 0.29) is 130 Å². The number of Topliss-reactive ketones (excluding diaryl/α,β-unsaturated/α-hetero) is 1. The normalized spacial score (nSPS) is 48.2. The van der Waals surface area contributed by atoms with Crippen LogP contribution < -0.4 is 0 Å². The number of esters is 3. The molecule has 0 heterocycles. The van der Waals surface area contributed by atoms with Crippen molar-refractivity contribution in [3.05, 3.63) is 0 Å². The lowest BCUT2D eigenvalue weighted by molar-refractivity contribution is -0.245. The molecule has 16 aliphatic rings. The van der Waals surface area contributed by atoms with Gasteiger partial charge in [-0.2, -0.15) is 0 Å². The van der Waals surface area contributed by atoms with Crippen molar-refractivity contribution in [3.63, 3.8) is 0 Å². The monoisotopic (exact) mass is 1720 g/mol. The molecule has 0 unspecified atom stereocenters. The molecule has 0 saturated heterocycles. The fourth-order valence-corrected chi connectivity index (χ4v) is 35.8. The van der Waals surface area contributed by atoms with E-state index < -0.39 is 70.1 Å². The van der Waals surface area contributed by atoms with Gasteiger partial charge in [0, 0.05) is 81.5 Å². The summed E-state index contributed by atoms with van der Waals surface area (Å²) in [5.41, 5.74) is -2.38.